The van der Waals surface area contributed by atoms with Crippen LogP contribution in [0.4, 0.5) is 0 Å². The average Bonchev–Trinajstić information content (AvgIpc) is 3.49. The highest BCUT2D eigenvalue weighted by molar-refractivity contribution is 6.30. The van der Waals surface area contributed by atoms with E-state index in [1.165, 1.54) is 0 Å². The van der Waals surface area contributed by atoms with Crippen molar-refractivity contribution in [2.45, 2.75) is 24.7 Å². The number of halogens is 2. The second-order valence-corrected chi connectivity index (χ2v) is 7.55. The molecule has 4 rings (SSSR count). The normalized spacial score (nSPS) is 25.6. The smallest absolute Gasteiger partial charge is 0.307 e. The van der Waals surface area contributed by atoms with Crippen molar-refractivity contribution in [2.24, 2.45) is 11.8 Å². The van der Waals surface area contributed by atoms with E-state index in [2.05, 4.69) is 0 Å². The van der Waals surface area contributed by atoms with Crippen molar-refractivity contribution in [3.05, 3.63) is 69.7 Å². The molecule has 6 heteroatoms. The lowest BCUT2D eigenvalue weighted by Crippen LogP contribution is -1.98. The summed E-state index contributed by atoms with van der Waals surface area (Å²) in [5.74, 6) is -1.34. The standard InChI is InChI=1S/2C10H9ClO2/c2*11-7-3-1-6(2-4-7)8-5-9(8)10(12)13/h2*1-4,8-9H,5H2,(H,12,13). The molecule has 2 fully saturated rings. The lowest BCUT2D eigenvalue weighted by Gasteiger charge is -1.97. The van der Waals surface area contributed by atoms with Crippen LogP contribution in [0.1, 0.15) is 35.8 Å². The Morgan fingerprint density at radius 2 is 1.00 bits per heavy atom. The molecular weight excluding hydrogens is 375 g/mol. The zero-order chi connectivity index (χ0) is 18.8. The molecule has 4 nitrogen and oxygen atoms in total. The lowest BCUT2D eigenvalue weighted by molar-refractivity contribution is -0.139. The van der Waals surface area contributed by atoms with Gasteiger partial charge in [0, 0.05) is 10.0 Å². The topological polar surface area (TPSA) is 74.6 Å². The van der Waals surface area contributed by atoms with Crippen LogP contribution >= 0.6 is 23.2 Å². The number of benzene rings is 2. The van der Waals surface area contributed by atoms with E-state index < -0.39 is 11.9 Å². The van der Waals surface area contributed by atoms with E-state index >= 15 is 0 Å². The predicted molar refractivity (Wildman–Crippen MR) is 99.9 cm³/mol. The number of carboxylic acids is 2. The van der Waals surface area contributed by atoms with Crippen LogP contribution < -0.4 is 0 Å². The Bertz CT molecular complexity index is 732. The maximum absolute atomic E-state index is 10.6. The molecule has 0 amide bonds. The minimum absolute atomic E-state index is 0.179. The first-order valence-corrected chi connectivity index (χ1v) is 9.09. The van der Waals surface area contributed by atoms with E-state index in [9.17, 15) is 9.59 Å². The van der Waals surface area contributed by atoms with Crippen LogP contribution in [0.2, 0.25) is 10.0 Å². The Hall–Kier alpha value is -2.04. The third-order valence-corrected chi connectivity index (χ3v) is 5.32. The first-order valence-electron chi connectivity index (χ1n) is 8.33. The van der Waals surface area contributed by atoms with Crippen molar-refractivity contribution in [1.29, 1.82) is 0 Å². The molecule has 2 aliphatic rings. The summed E-state index contributed by atoms with van der Waals surface area (Å²) in [5, 5.41) is 18.8. The van der Waals surface area contributed by atoms with Crippen LogP contribution in [0.25, 0.3) is 0 Å². The number of hydrogen-bond donors (Lipinski definition) is 2. The van der Waals surface area contributed by atoms with Crippen molar-refractivity contribution in [2.75, 3.05) is 0 Å². The molecular formula is C20H18Cl2O4. The molecule has 4 unspecified atom stereocenters. The van der Waals surface area contributed by atoms with Gasteiger partial charge in [-0.25, -0.2) is 0 Å². The van der Waals surface area contributed by atoms with Gasteiger partial charge in [-0.1, -0.05) is 47.5 Å². The Balaban J connectivity index is 0.000000151. The van der Waals surface area contributed by atoms with Crippen molar-refractivity contribution in [3.63, 3.8) is 0 Å². The van der Waals surface area contributed by atoms with Gasteiger partial charge in [-0.2, -0.15) is 0 Å². The third kappa shape index (κ3) is 4.57. The van der Waals surface area contributed by atoms with Crippen LogP contribution in [-0.2, 0) is 9.59 Å². The fourth-order valence-corrected chi connectivity index (χ4v) is 3.34. The lowest BCUT2D eigenvalue weighted by atomic mass is 10.1. The quantitative estimate of drug-likeness (QED) is 0.762. The number of rotatable bonds is 4. The summed E-state index contributed by atoms with van der Waals surface area (Å²) in [6.07, 6.45) is 1.52. The number of carbonyl (C=O) groups is 2. The largest absolute Gasteiger partial charge is 0.481 e. The SMILES string of the molecule is O=C(O)C1CC1c1ccc(Cl)cc1.O=C(O)C1CC1c1ccc(Cl)cc1. The summed E-state index contributed by atoms with van der Waals surface area (Å²) in [5.41, 5.74) is 2.16. The van der Waals surface area contributed by atoms with Crippen LogP contribution in [-0.4, -0.2) is 22.2 Å². The number of carboxylic acid groups (broad SMARTS) is 2. The average molecular weight is 393 g/mol. The Kier molecular flexibility index (Phi) is 5.54. The fraction of sp³-hybridized carbons (Fsp3) is 0.300. The molecule has 0 radical (unpaired) electrons. The van der Waals surface area contributed by atoms with Gasteiger partial charge in [-0.3, -0.25) is 9.59 Å². The minimum atomic E-state index is -0.694. The van der Waals surface area contributed by atoms with E-state index in [0.29, 0.717) is 10.0 Å². The maximum Gasteiger partial charge on any atom is 0.307 e. The van der Waals surface area contributed by atoms with Crippen molar-refractivity contribution < 1.29 is 19.8 Å². The molecule has 0 saturated heterocycles. The van der Waals surface area contributed by atoms with E-state index in [4.69, 9.17) is 33.4 Å². The molecule has 4 atom stereocenters. The zero-order valence-electron chi connectivity index (χ0n) is 13.8. The summed E-state index contributed by atoms with van der Waals surface area (Å²) < 4.78 is 0. The van der Waals surface area contributed by atoms with Crippen LogP contribution in [0.15, 0.2) is 48.5 Å². The summed E-state index contributed by atoms with van der Waals surface area (Å²) in [4.78, 5) is 21.2. The summed E-state index contributed by atoms with van der Waals surface area (Å²) >= 11 is 11.4. The molecule has 2 N–H and O–H groups in total. The summed E-state index contributed by atoms with van der Waals surface area (Å²) in [6, 6.07) is 14.8. The second-order valence-electron chi connectivity index (χ2n) is 6.68. The minimum Gasteiger partial charge on any atom is -0.481 e. The second kappa shape index (κ2) is 7.68. The molecule has 2 aromatic rings. The fourth-order valence-electron chi connectivity index (χ4n) is 3.09. The Morgan fingerprint density at radius 1 is 0.692 bits per heavy atom. The monoisotopic (exact) mass is 392 g/mol. The zero-order valence-corrected chi connectivity index (χ0v) is 15.3. The van der Waals surface area contributed by atoms with E-state index in [1.807, 2.05) is 24.3 Å². The highest BCUT2D eigenvalue weighted by atomic mass is 35.5. The van der Waals surface area contributed by atoms with Gasteiger partial charge in [0.1, 0.15) is 0 Å². The maximum atomic E-state index is 10.6. The van der Waals surface area contributed by atoms with Gasteiger partial charge in [-0.15, -0.1) is 0 Å². The molecule has 0 aromatic heterocycles. The van der Waals surface area contributed by atoms with Gasteiger partial charge < -0.3 is 10.2 Å². The van der Waals surface area contributed by atoms with Gasteiger partial charge in [-0.05, 0) is 60.1 Å². The van der Waals surface area contributed by atoms with Gasteiger partial charge >= 0.3 is 11.9 Å². The molecule has 26 heavy (non-hydrogen) atoms. The highest BCUT2D eigenvalue weighted by Gasteiger charge is 2.44. The first kappa shape index (κ1) is 18.7. The van der Waals surface area contributed by atoms with Crippen molar-refractivity contribution >= 4 is 35.1 Å². The molecule has 0 spiro atoms. The van der Waals surface area contributed by atoms with Crippen LogP contribution in [0, 0.1) is 11.8 Å². The van der Waals surface area contributed by atoms with E-state index in [-0.39, 0.29) is 23.7 Å². The molecule has 0 bridgehead atoms. The van der Waals surface area contributed by atoms with Crippen LogP contribution in [0.5, 0.6) is 0 Å². The Labute approximate surface area is 161 Å². The van der Waals surface area contributed by atoms with Crippen molar-refractivity contribution in [3.8, 4) is 0 Å². The Morgan fingerprint density at radius 3 is 1.23 bits per heavy atom. The molecule has 136 valence electrons. The number of hydrogen-bond acceptors (Lipinski definition) is 2. The molecule has 2 saturated carbocycles. The first-order chi connectivity index (χ1) is 12.4. The predicted octanol–water partition coefficient (Wildman–Crippen LogP) is 5.06. The van der Waals surface area contributed by atoms with E-state index in [0.717, 1.165) is 24.0 Å². The summed E-state index contributed by atoms with van der Waals surface area (Å²) in [6.45, 7) is 0. The van der Waals surface area contributed by atoms with E-state index in [1.54, 1.807) is 24.3 Å². The molecule has 0 heterocycles. The molecule has 2 aliphatic carbocycles. The van der Waals surface area contributed by atoms with Gasteiger partial charge in [0.2, 0.25) is 0 Å². The molecule has 0 aliphatic heterocycles. The summed E-state index contributed by atoms with van der Waals surface area (Å²) in [7, 11) is 0. The van der Waals surface area contributed by atoms with Crippen molar-refractivity contribution in [1.82, 2.24) is 0 Å². The van der Waals surface area contributed by atoms with Gasteiger partial charge in [0.15, 0.2) is 0 Å². The number of aliphatic carboxylic acids is 2. The van der Waals surface area contributed by atoms with Gasteiger partial charge in [0.25, 0.3) is 0 Å². The third-order valence-electron chi connectivity index (χ3n) is 4.81. The van der Waals surface area contributed by atoms with Gasteiger partial charge in [0.05, 0.1) is 11.8 Å². The van der Waals surface area contributed by atoms with Crippen LogP contribution in [0.3, 0.4) is 0 Å². The highest BCUT2D eigenvalue weighted by Crippen LogP contribution is 2.48. The molecule has 2 aromatic carbocycles.